The molecule has 1 aromatic heterocycles. The number of hydrogen-bond acceptors (Lipinski definition) is 4. The maximum absolute atomic E-state index is 11.9. The molecule has 1 aromatic carbocycles. The second-order valence-corrected chi connectivity index (χ2v) is 5.64. The summed E-state index contributed by atoms with van der Waals surface area (Å²) in [6, 6.07) is 5.45. The first-order valence-corrected chi connectivity index (χ1v) is 8.30. The number of ether oxygens (including phenoxy) is 1. The van der Waals surface area contributed by atoms with Crippen molar-refractivity contribution in [1.29, 1.82) is 0 Å². The number of carbonyl (C=O) groups is 1. The molecule has 0 aliphatic heterocycles. The number of aromatic nitrogens is 2. The van der Waals surface area contributed by atoms with Crippen LogP contribution in [0.3, 0.4) is 0 Å². The molecule has 0 radical (unpaired) electrons. The SMILES string of the molecule is CCOC(=O)c1cccc(NC(=S)NCCCn2ccnc2)c1C. The molecule has 0 saturated heterocycles. The van der Waals surface area contributed by atoms with Gasteiger partial charge in [0.25, 0.3) is 0 Å². The summed E-state index contributed by atoms with van der Waals surface area (Å²) in [6.07, 6.45) is 6.42. The first-order chi connectivity index (χ1) is 11.6. The minimum atomic E-state index is -0.321. The molecule has 0 aliphatic carbocycles. The highest BCUT2D eigenvalue weighted by Gasteiger charge is 2.12. The van der Waals surface area contributed by atoms with Gasteiger partial charge in [-0.3, -0.25) is 0 Å². The number of esters is 1. The van der Waals surface area contributed by atoms with E-state index in [2.05, 4.69) is 15.6 Å². The van der Waals surface area contributed by atoms with Crippen LogP contribution in [0.1, 0.15) is 29.3 Å². The predicted octanol–water partition coefficient (Wildman–Crippen LogP) is 2.74. The van der Waals surface area contributed by atoms with Crippen molar-refractivity contribution in [3.05, 3.63) is 48.0 Å². The van der Waals surface area contributed by atoms with Crippen LogP contribution in [0, 0.1) is 6.92 Å². The molecule has 0 spiro atoms. The molecule has 6 nitrogen and oxygen atoms in total. The Labute approximate surface area is 147 Å². The highest BCUT2D eigenvalue weighted by Crippen LogP contribution is 2.19. The van der Waals surface area contributed by atoms with E-state index in [1.807, 2.05) is 29.8 Å². The van der Waals surface area contributed by atoms with Crippen LogP contribution in [0.5, 0.6) is 0 Å². The van der Waals surface area contributed by atoms with Gasteiger partial charge in [0.1, 0.15) is 0 Å². The molecule has 24 heavy (non-hydrogen) atoms. The van der Waals surface area contributed by atoms with Crippen molar-refractivity contribution >= 4 is 29.0 Å². The van der Waals surface area contributed by atoms with Gasteiger partial charge in [-0.15, -0.1) is 0 Å². The van der Waals surface area contributed by atoms with Crippen LogP contribution in [0.15, 0.2) is 36.9 Å². The van der Waals surface area contributed by atoms with E-state index < -0.39 is 0 Å². The van der Waals surface area contributed by atoms with Gasteiger partial charge in [0.05, 0.1) is 18.5 Å². The summed E-state index contributed by atoms with van der Waals surface area (Å²) in [5, 5.41) is 6.83. The van der Waals surface area contributed by atoms with Gasteiger partial charge in [0, 0.05) is 31.2 Å². The lowest BCUT2D eigenvalue weighted by Crippen LogP contribution is -2.30. The Morgan fingerprint density at radius 2 is 2.25 bits per heavy atom. The maximum atomic E-state index is 11.9. The topological polar surface area (TPSA) is 68.2 Å². The van der Waals surface area contributed by atoms with Crippen molar-refractivity contribution in [2.45, 2.75) is 26.8 Å². The predicted molar refractivity (Wildman–Crippen MR) is 98.2 cm³/mol. The van der Waals surface area contributed by atoms with E-state index in [0.717, 1.165) is 30.8 Å². The number of benzene rings is 1. The summed E-state index contributed by atoms with van der Waals surface area (Å²) >= 11 is 5.31. The molecule has 0 saturated carbocycles. The molecular weight excluding hydrogens is 324 g/mol. The monoisotopic (exact) mass is 346 g/mol. The molecule has 2 aromatic rings. The number of rotatable bonds is 7. The van der Waals surface area contributed by atoms with Crippen molar-refractivity contribution in [2.24, 2.45) is 0 Å². The Bertz CT molecular complexity index is 686. The smallest absolute Gasteiger partial charge is 0.338 e. The lowest BCUT2D eigenvalue weighted by atomic mass is 10.1. The minimum Gasteiger partial charge on any atom is -0.462 e. The van der Waals surface area contributed by atoms with Crippen molar-refractivity contribution in [3.63, 3.8) is 0 Å². The summed E-state index contributed by atoms with van der Waals surface area (Å²) in [5.41, 5.74) is 2.16. The van der Waals surface area contributed by atoms with Crippen LogP contribution in [-0.4, -0.2) is 33.8 Å². The molecule has 1 heterocycles. The fourth-order valence-corrected chi connectivity index (χ4v) is 2.46. The molecule has 0 atom stereocenters. The minimum absolute atomic E-state index is 0.321. The van der Waals surface area contributed by atoms with Crippen molar-refractivity contribution < 1.29 is 9.53 Å². The van der Waals surface area contributed by atoms with Gasteiger partial charge in [0.2, 0.25) is 0 Å². The lowest BCUT2D eigenvalue weighted by molar-refractivity contribution is 0.0525. The Kier molecular flexibility index (Phi) is 6.74. The number of aryl methyl sites for hydroxylation is 1. The summed E-state index contributed by atoms with van der Waals surface area (Å²) in [5.74, 6) is -0.321. The average molecular weight is 346 g/mol. The average Bonchev–Trinajstić information content (AvgIpc) is 3.07. The fraction of sp³-hybridized carbons (Fsp3) is 0.353. The van der Waals surface area contributed by atoms with Crippen LogP contribution in [0.4, 0.5) is 5.69 Å². The van der Waals surface area contributed by atoms with E-state index in [9.17, 15) is 4.79 Å². The molecule has 0 bridgehead atoms. The van der Waals surface area contributed by atoms with E-state index in [4.69, 9.17) is 17.0 Å². The molecule has 0 fully saturated rings. The highest BCUT2D eigenvalue weighted by molar-refractivity contribution is 7.80. The van der Waals surface area contributed by atoms with Crippen molar-refractivity contribution in [2.75, 3.05) is 18.5 Å². The second-order valence-electron chi connectivity index (χ2n) is 5.23. The standard InChI is InChI=1S/C17H22N4O2S/c1-3-23-16(22)14-6-4-7-15(13(14)2)20-17(24)19-8-5-10-21-11-9-18-12-21/h4,6-7,9,11-12H,3,5,8,10H2,1-2H3,(H2,19,20,24). The Morgan fingerprint density at radius 3 is 2.96 bits per heavy atom. The molecule has 0 amide bonds. The molecule has 2 N–H and O–H groups in total. The maximum Gasteiger partial charge on any atom is 0.338 e. The van der Waals surface area contributed by atoms with Gasteiger partial charge in [-0.05, 0) is 50.2 Å². The Morgan fingerprint density at radius 1 is 1.42 bits per heavy atom. The zero-order chi connectivity index (χ0) is 17.4. The zero-order valence-corrected chi connectivity index (χ0v) is 14.7. The normalized spacial score (nSPS) is 10.2. The first kappa shape index (κ1) is 17.9. The molecular formula is C17H22N4O2S. The second kappa shape index (κ2) is 9.02. The summed E-state index contributed by atoms with van der Waals surface area (Å²) < 4.78 is 7.08. The van der Waals surface area contributed by atoms with Gasteiger partial charge >= 0.3 is 5.97 Å². The van der Waals surface area contributed by atoms with Crippen LogP contribution in [0.2, 0.25) is 0 Å². The van der Waals surface area contributed by atoms with Crippen LogP contribution in [0.25, 0.3) is 0 Å². The number of hydrogen-bond donors (Lipinski definition) is 2. The summed E-state index contributed by atoms with van der Waals surface area (Å²) in [7, 11) is 0. The van der Waals surface area contributed by atoms with Gasteiger partial charge in [-0.25, -0.2) is 9.78 Å². The van der Waals surface area contributed by atoms with E-state index in [1.165, 1.54) is 0 Å². The number of nitrogens with zero attached hydrogens (tertiary/aromatic N) is 2. The molecule has 7 heteroatoms. The summed E-state index contributed by atoms with van der Waals surface area (Å²) in [6.45, 7) is 5.65. The Hall–Kier alpha value is -2.41. The third-order valence-electron chi connectivity index (χ3n) is 3.52. The van der Waals surface area contributed by atoms with Crippen LogP contribution < -0.4 is 10.6 Å². The number of carbonyl (C=O) groups excluding carboxylic acids is 1. The number of anilines is 1. The molecule has 2 rings (SSSR count). The molecule has 0 unspecified atom stereocenters. The summed E-state index contributed by atoms with van der Waals surface area (Å²) in [4.78, 5) is 15.9. The lowest BCUT2D eigenvalue weighted by Gasteiger charge is -2.14. The van der Waals surface area contributed by atoms with E-state index in [1.54, 1.807) is 25.5 Å². The van der Waals surface area contributed by atoms with Gasteiger partial charge < -0.3 is 19.9 Å². The third kappa shape index (κ3) is 5.06. The number of nitrogens with one attached hydrogen (secondary N) is 2. The van der Waals surface area contributed by atoms with E-state index in [0.29, 0.717) is 17.3 Å². The number of imidazole rings is 1. The largest absolute Gasteiger partial charge is 0.462 e. The Balaban J connectivity index is 1.84. The van der Waals surface area contributed by atoms with E-state index >= 15 is 0 Å². The fourth-order valence-electron chi connectivity index (χ4n) is 2.25. The number of thiocarbonyl (C=S) groups is 1. The highest BCUT2D eigenvalue weighted by atomic mass is 32.1. The van der Waals surface area contributed by atoms with Crippen LogP contribution >= 0.6 is 12.2 Å². The van der Waals surface area contributed by atoms with Gasteiger partial charge in [0.15, 0.2) is 5.11 Å². The van der Waals surface area contributed by atoms with E-state index in [-0.39, 0.29) is 5.97 Å². The van der Waals surface area contributed by atoms with Gasteiger partial charge in [-0.1, -0.05) is 6.07 Å². The van der Waals surface area contributed by atoms with Crippen molar-refractivity contribution in [1.82, 2.24) is 14.9 Å². The molecule has 0 aliphatic rings. The first-order valence-electron chi connectivity index (χ1n) is 7.89. The molecule has 128 valence electrons. The zero-order valence-electron chi connectivity index (χ0n) is 13.9. The van der Waals surface area contributed by atoms with Crippen molar-refractivity contribution in [3.8, 4) is 0 Å². The van der Waals surface area contributed by atoms with Gasteiger partial charge in [-0.2, -0.15) is 0 Å². The third-order valence-corrected chi connectivity index (χ3v) is 3.76. The quantitative estimate of drug-likeness (QED) is 0.456. The van der Waals surface area contributed by atoms with Crippen LogP contribution in [-0.2, 0) is 11.3 Å².